The predicted octanol–water partition coefficient (Wildman–Crippen LogP) is 3.27. The van der Waals surface area contributed by atoms with Crippen molar-refractivity contribution < 1.29 is 28.8 Å². The Morgan fingerprint density at radius 2 is 1.39 bits per heavy atom. The van der Waals surface area contributed by atoms with Gasteiger partial charge in [0, 0.05) is 51.9 Å². The molecule has 2 fully saturated rings. The van der Waals surface area contributed by atoms with E-state index < -0.39 is 0 Å². The predicted molar refractivity (Wildman–Crippen MR) is 163 cm³/mol. The molecular weight excluding hydrogens is 564 g/mol. The van der Waals surface area contributed by atoms with Gasteiger partial charge in [-0.3, -0.25) is 38.6 Å². The fourth-order valence-electron chi connectivity index (χ4n) is 4.86. The smallest absolute Gasteiger partial charge is 0.242 e. The van der Waals surface area contributed by atoms with Crippen molar-refractivity contribution in [2.45, 2.75) is 114 Å². The van der Waals surface area contributed by atoms with Crippen LogP contribution in [0, 0.1) is 0 Å². The summed E-state index contributed by atoms with van der Waals surface area (Å²) in [5.41, 5.74) is 0. The van der Waals surface area contributed by atoms with Gasteiger partial charge in [0.1, 0.15) is 0 Å². The number of nitrogens with zero attached hydrogens (tertiary/aromatic N) is 2. The van der Waals surface area contributed by atoms with Crippen LogP contribution in [-0.4, -0.2) is 93.4 Å². The molecule has 2 saturated heterocycles. The van der Waals surface area contributed by atoms with E-state index in [1.165, 1.54) is 28.6 Å². The van der Waals surface area contributed by atoms with Crippen molar-refractivity contribution in [2.75, 3.05) is 31.6 Å². The molecule has 41 heavy (non-hydrogen) atoms. The third-order valence-electron chi connectivity index (χ3n) is 7.39. The van der Waals surface area contributed by atoms with E-state index in [2.05, 4.69) is 10.6 Å². The summed E-state index contributed by atoms with van der Waals surface area (Å²) in [4.78, 5) is 74.1. The van der Waals surface area contributed by atoms with Crippen LogP contribution in [0.1, 0.15) is 97.3 Å². The lowest BCUT2D eigenvalue weighted by Gasteiger charge is -2.14. The maximum Gasteiger partial charge on any atom is 0.242 e. The Morgan fingerprint density at radius 3 is 1.95 bits per heavy atom. The Hall–Kier alpha value is -2.08. The fourth-order valence-corrected chi connectivity index (χ4v) is 7.26. The summed E-state index contributed by atoms with van der Waals surface area (Å²) in [6, 6.07) is 0.0947. The first kappa shape index (κ1) is 35.1. The summed E-state index contributed by atoms with van der Waals surface area (Å²) in [5.74, 6) is 1.40. The second kappa shape index (κ2) is 19.2. The summed E-state index contributed by atoms with van der Waals surface area (Å²) in [5, 5.41) is 5.52. The number of hydrogen-bond donors (Lipinski definition) is 2. The summed E-state index contributed by atoms with van der Waals surface area (Å²) >= 11 is 3.09. The van der Waals surface area contributed by atoms with E-state index in [1.54, 1.807) is 11.8 Å². The molecule has 0 aromatic carbocycles. The first-order valence-electron chi connectivity index (χ1n) is 15.1. The van der Waals surface area contributed by atoms with Crippen LogP contribution in [0.4, 0.5) is 0 Å². The summed E-state index contributed by atoms with van der Waals surface area (Å²) in [6.45, 7) is 4.90. The van der Waals surface area contributed by atoms with Crippen molar-refractivity contribution in [3.63, 3.8) is 0 Å². The van der Waals surface area contributed by atoms with E-state index in [9.17, 15) is 28.8 Å². The van der Waals surface area contributed by atoms with Gasteiger partial charge in [-0.1, -0.05) is 12.8 Å². The Kier molecular flexibility index (Phi) is 16.4. The molecule has 2 aliphatic rings. The molecule has 0 aliphatic carbocycles. The van der Waals surface area contributed by atoms with Gasteiger partial charge in [0.05, 0.1) is 10.5 Å². The molecule has 0 bridgehead atoms. The van der Waals surface area contributed by atoms with Gasteiger partial charge >= 0.3 is 0 Å². The average molecular weight is 613 g/mol. The van der Waals surface area contributed by atoms with E-state index in [4.69, 9.17) is 0 Å². The van der Waals surface area contributed by atoms with Crippen LogP contribution < -0.4 is 10.6 Å². The average Bonchev–Trinajstić information content (AvgIpc) is 3.35. The van der Waals surface area contributed by atoms with Gasteiger partial charge in [-0.25, -0.2) is 0 Å². The number of carbonyl (C=O) groups excluding carboxylic acids is 6. The molecule has 12 heteroatoms. The van der Waals surface area contributed by atoms with Gasteiger partial charge in [-0.2, -0.15) is 0 Å². The van der Waals surface area contributed by atoms with Crippen molar-refractivity contribution in [3.8, 4) is 0 Å². The minimum atomic E-state index is -0.247. The number of likely N-dealkylation sites (tertiary alicyclic amines) is 2. The van der Waals surface area contributed by atoms with Crippen LogP contribution in [0.3, 0.4) is 0 Å². The zero-order chi connectivity index (χ0) is 30.2. The molecular formula is C29H48N4O6S2. The van der Waals surface area contributed by atoms with Crippen molar-refractivity contribution in [3.05, 3.63) is 0 Å². The number of rotatable bonds is 21. The highest BCUT2D eigenvalue weighted by molar-refractivity contribution is 8.00. The highest BCUT2D eigenvalue weighted by Crippen LogP contribution is 2.26. The molecule has 10 nitrogen and oxygen atoms in total. The Morgan fingerprint density at radius 1 is 0.805 bits per heavy atom. The molecule has 232 valence electrons. The second-order valence-corrected chi connectivity index (χ2v) is 13.5. The number of amides is 6. The summed E-state index contributed by atoms with van der Waals surface area (Å²) in [6.07, 6.45) is 9.54. The lowest BCUT2D eigenvalue weighted by molar-refractivity contribution is -0.139. The lowest BCUT2D eigenvalue weighted by Crippen LogP contribution is -2.32. The van der Waals surface area contributed by atoms with Gasteiger partial charge in [-0.05, 0) is 70.3 Å². The third-order valence-corrected chi connectivity index (χ3v) is 9.98. The Labute approximate surface area is 253 Å². The van der Waals surface area contributed by atoms with E-state index in [-0.39, 0.29) is 52.0 Å². The van der Waals surface area contributed by atoms with Crippen LogP contribution in [0.25, 0.3) is 0 Å². The van der Waals surface area contributed by atoms with Crippen LogP contribution in [0.15, 0.2) is 0 Å². The van der Waals surface area contributed by atoms with Crippen molar-refractivity contribution >= 4 is 59.0 Å². The molecule has 0 radical (unpaired) electrons. The van der Waals surface area contributed by atoms with Crippen molar-refractivity contribution in [1.29, 1.82) is 0 Å². The van der Waals surface area contributed by atoms with E-state index in [1.807, 2.05) is 13.8 Å². The first-order valence-corrected chi connectivity index (χ1v) is 17.2. The number of unbranched alkanes of at least 4 members (excludes halogenated alkanes) is 5. The molecule has 2 heterocycles. The van der Waals surface area contributed by atoms with Gasteiger partial charge in [0.25, 0.3) is 0 Å². The number of hydrogen-bond acceptors (Lipinski definition) is 8. The SMILES string of the molecule is CCN1C(=O)CC(SCCCCCC(=O)NCCCCC(C)NC(=O)CCCCCSC2CC(=O)N(C)C2=O)C1=O. The van der Waals surface area contributed by atoms with Crippen LogP contribution in [-0.2, 0) is 28.8 Å². The molecule has 6 amide bonds. The molecule has 0 aromatic heterocycles. The van der Waals surface area contributed by atoms with Crippen LogP contribution in [0.5, 0.6) is 0 Å². The zero-order valence-electron chi connectivity index (χ0n) is 24.9. The van der Waals surface area contributed by atoms with Crippen LogP contribution >= 0.6 is 23.5 Å². The molecule has 2 aliphatic heterocycles. The quantitative estimate of drug-likeness (QED) is 0.149. The number of nitrogens with one attached hydrogen (secondary N) is 2. The van der Waals surface area contributed by atoms with Gasteiger partial charge in [-0.15, -0.1) is 23.5 Å². The van der Waals surface area contributed by atoms with E-state index in [0.717, 1.165) is 69.3 Å². The molecule has 0 aromatic rings. The van der Waals surface area contributed by atoms with Crippen LogP contribution in [0.2, 0.25) is 0 Å². The minimum Gasteiger partial charge on any atom is -0.356 e. The highest BCUT2D eigenvalue weighted by Gasteiger charge is 2.37. The largest absolute Gasteiger partial charge is 0.356 e. The van der Waals surface area contributed by atoms with E-state index >= 15 is 0 Å². The third kappa shape index (κ3) is 12.8. The maximum absolute atomic E-state index is 12.2. The number of carbonyl (C=O) groups is 6. The van der Waals surface area contributed by atoms with Crippen molar-refractivity contribution in [2.24, 2.45) is 0 Å². The molecule has 2 N–H and O–H groups in total. The first-order chi connectivity index (χ1) is 19.6. The maximum atomic E-state index is 12.2. The minimum absolute atomic E-state index is 0.0568. The number of thioether (sulfide) groups is 2. The Bertz CT molecular complexity index is 918. The van der Waals surface area contributed by atoms with Gasteiger partial charge in [0.15, 0.2) is 0 Å². The monoisotopic (exact) mass is 612 g/mol. The topological polar surface area (TPSA) is 133 Å². The molecule has 0 spiro atoms. The fraction of sp³-hybridized carbons (Fsp3) is 0.793. The molecule has 0 saturated carbocycles. The highest BCUT2D eigenvalue weighted by atomic mass is 32.2. The van der Waals surface area contributed by atoms with E-state index in [0.29, 0.717) is 38.8 Å². The van der Waals surface area contributed by atoms with Crippen molar-refractivity contribution in [1.82, 2.24) is 20.4 Å². The molecule has 3 unspecified atom stereocenters. The Balaban J connectivity index is 1.37. The second-order valence-electron chi connectivity index (χ2n) is 10.8. The summed E-state index contributed by atoms with van der Waals surface area (Å²) < 4.78 is 0. The van der Waals surface area contributed by atoms with Gasteiger partial charge < -0.3 is 10.6 Å². The normalized spacial score (nSPS) is 19.8. The van der Waals surface area contributed by atoms with Gasteiger partial charge in [0.2, 0.25) is 35.4 Å². The number of imide groups is 2. The zero-order valence-corrected chi connectivity index (χ0v) is 26.5. The summed E-state index contributed by atoms with van der Waals surface area (Å²) in [7, 11) is 1.53. The molecule has 3 atom stereocenters. The standard InChI is InChI=1S/C29H48N4O6S2/c1-4-33-27(37)20-23(29(33)39)41-18-11-5-7-14-24(34)30-16-10-9-13-21(2)31-25(35)15-8-6-12-17-40-22-19-26(36)32(3)28(22)38/h21-23H,4-20H2,1-3H3,(H,30,34)(H,31,35). The molecule has 2 rings (SSSR count). The lowest BCUT2D eigenvalue weighted by atomic mass is 10.1.